The summed E-state index contributed by atoms with van der Waals surface area (Å²) in [7, 11) is 0. The zero-order chi connectivity index (χ0) is 9.30. The lowest BCUT2D eigenvalue weighted by atomic mass is 10.2. The first-order chi connectivity index (χ1) is 5.54. The van der Waals surface area contributed by atoms with Crippen molar-refractivity contribution in [2.24, 2.45) is 0 Å². The van der Waals surface area contributed by atoms with Crippen molar-refractivity contribution in [2.45, 2.75) is 26.7 Å². The van der Waals surface area contributed by atoms with E-state index in [0.717, 1.165) is 5.82 Å². The van der Waals surface area contributed by atoms with Gasteiger partial charge in [0, 0.05) is 12.8 Å². The average Bonchev–Trinajstić information content (AvgIpc) is 2.30. The zero-order valence-electron chi connectivity index (χ0n) is 7.53. The van der Waals surface area contributed by atoms with E-state index >= 15 is 0 Å². The number of nitrogen functional groups attached to an aromatic ring is 1. The minimum absolute atomic E-state index is 0.0584. The molecule has 0 atom stereocenters. The van der Waals surface area contributed by atoms with Gasteiger partial charge in [-0.15, -0.1) is 0 Å². The van der Waals surface area contributed by atoms with E-state index < -0.39 is 0 Å². The third-order valence-corrected chi connectivity index (χ3v) is 1.70. The number of hydrogen-bond acceptors (Lipinski definition) is 3. The van der Waals surface area contributed by atoms with Crippen LogP contribution in [0.2, 0.25) is 0 Å². The van der Waals surface area contributed by atoms with Crippen molar-refractivity contribution >= 4 is 5.78 Å². The molecule has 1 rings (SSSR count). The zero-order valence-corrected chi connectivity index (χ0v) is 7.53. The molecule has 66 valence electrons. The molecule has 0 fully saturated rings. The summed E-state index contributed by atoms with van der Waals surface area (Å²) < 4.78 is 1.35. The summed E-state index contributed by atoms with van der Waals surface area (Å²) in [5.41, 5.74) is 0.457. The number of imidazole rings is 1. The molecule has 0 radical (unpaired) electrons. The summed E-state index contributed by atoms with van der Waals surface area (Å²) >= 11 is 0. The predicted molar refractivity (Wildman–Crippen MR) is 46.5 cm³/mol. The maximum absolute atomic E-state index is 11.0. The second kappa shape index (κ2) is 2.97. The Hall–Kier alpha value is -1.32. The predicted octanol–water partition coefficient (Wildman–Crippen LogP) is 0.923. The van der Waals surface area contributed by atoms with Crippen molar-refractivity contribution in [2.75, 3.05) is 5.84 Å². The van der Waals surface area contributed by atoms with Gasteiger partial charge in [0.2, 0.25) is 0 Å². The maximum atomic E-state index is 11.0. The van der Waals surface area contributed by atoms with Crippen LogP contribution in [0.25, 0.3) is 0 Å². The number of carbonyl (C=O) groups excluding carboxylic acids is 1. The Morgan fingerprint density at radius 3 is 2.50 bits per heavy atom. The normalized spacial score (nSPS) is 10.7. The van der Waals surface area contributed by atoms with Gasteiger partial charge in [-0.3, -0.25) is 4.79 Å². The van der Waals surface area contributed by atoms with E-state index in [0.29, 0.717) is 5.69 Å². The van der Waals surface area contributed by atoms with Crippen LogP contribution in [0.3, 0.4) is 0 Å². The molecule has 1 heterocycles. The Kier molecular flexibility index (Phi) is 2.17. The van der Waals surface area contributed by atoms with E-state index in [1.807, 2.05) is 13.8 Å². The van der Waals surface area contributed by atoms with Gasteiger partial charge < -0.3 is 5.84 Å². The summed E-state index contributed by atoms with van der Waals surface area (Å²) in [6.45, 7) is 5.44. The number of carbonyl (C=O) groups is 1. The quantitative estimate of drug-likeness (QED) is 0.526. The molecule has 0 aliphatic carbocycles. The molecule has 4 nitrogen and oxygen atoms in total. The minimum Gasteiger partial charge on any atom is -0.337 e. The van der Waals surface area contributed by atoms with Crippen molar-refractivity contribution in [1.82, 2.24) is 9.66 Å². The Bertz CT molecular complexity index is 301. The van der Waals surface area contributed by atoms with Crippen LogP contribution in [0, 0.1) is 0 Å². The fraction of sp³-hybridized carbons (Fsp3) is 0.500. The van der Waals surface area contributed by atoms with E-state index in [-0.39, 0.29) is 11.7 Å². The van der Waals surface area contributed by atoms with Crippen LogP contribution in [0.15, 0.2) is 6.20 Å². The van der Waals surface area contributed by atoms with Crippen molar-refractivity contribution in [1.29, 1.82) is 0 Å². The molecule has 4 heteroatoms. The Morgan fingerprint density at radius 1 is 1.67 bits per heavy atom. The monoisotopic (exact) mass is 167 g/mol. The summed E-state index contributed by atoms with van der Waals surface area (Å²) in [6, 6.07) is 0. The molecule has 0 spiro atoms. The fourth-order valence-electron chi connectivity index (χ4n) is 1.06. The number of aromatic nitrogens is 2. The van der Waals surface area contributed by atoms with E-state index in [2.05, 4.69) is 4.98 Å². The summed E-state index contributed by atoms with van der Waals surface area (Å²) in [5.74, 6) is 6.56. The lowest BCUT2D eigenvalue weighted by Crippen LogP contribution is -2.18. The smallest absolute Gasteiger partial charge is 0.179 e. The number of nitrogens with zero attached hydrogens (tertiary/aromatic N) is 2. The highest BCUT2D eigenvalue weighted by Gasteiger charge is 2.12. The van der Waals surface area contributed by atoms with Crippen LogP contribution in [0.4, 0.5) is 0 Å². The van der Waals surface area contributed by atoms with Crippen LogP contribution in [0.1, 0.15) is 43.0 Å². The van der Waals surface area contributed by atoms with Crippen molar-refractivity contribution in [3.63, 3.8) is 0 Å². The van der Waals surface area contributed by atoms with E-state index in [9.17, 15) is 4.79 Å². The number of hydrogen-bond donors (Lipinski definition) is 1. The molecule has 1 aromatic heterocycles. The lowest BCUT2D eigenvalue weighted by Gasteiger charge is -2.05. The molecule has 12 heavy (non-hydrogen) atoms. The SMILES string of the molecule is CC(=O)c1cnc(C(C)C)n1N. The van der Waals surface area contributed by atoms with Crippen molar-refractivity contribution in [3.8, 4) is 0 Å². The largest absolute Gasteiger partial charge is 0.337 e. The van der Waals surface area contributed by atoms with Crippen LogP contribution in [-0.2, 0) is 0 Å². The third kappa shape index (κ3) is 1.32. The molecule has 0 aromatic carbocycles. The molecule has 0 unspecified atom stereocenters. The van der Waals surface area contributed by atoms with E-state index in [1.54, 1.807) is 0 Å². The van der Waals surface area contributed by atoms with Gasteiger partial charge in [0.05, 0.1) is 6.20 Å². The van der Waals surface area contributed by atoms with Crippen LogP contribution in [-0.4, -0.2) is 15.4 Å². The lowest BCUT2D eigenvalue weighted by molar-refractivity contribution is 0.101. The van der Waals surface area contributed by atoms with Gasteiger partial charge in [0.15, 0.2) is 5.78 Å². The molecular weight excluding hydrogens is 154 g/mol. The molecule has 0 bridgehead atoms. The van der Waals surface area contributed by atoms with Gasteiger partial charge in [-0.05, 0) is 0 Å². The van der Waals surface area contributed by atoms with Gasteiger partial charge in [0.1, 0.15) is 11.5 Å². The fourth-order valence-corrected chi connectivity index (χ4v) is 1.06. The van der Waals surface area contributed by atoms with E-state index in [1.165, 1.54) is 17.8 Å². The number of nitrogens with two attached hydrogens (primary N) is 1. The van der Waals surface area contributed by atoms with Crippen molar-refractivity contribution in [3.05, 3.63) is 17.7 Å². The topological polar surface area (TPSA) is 60.9 Å². The highest BCUT2D eigenvalue weighted by molar-refractivity contribution is 5.92. The molecule has 0 aliphatic rings. The summed E-state index contributed by atoms with van der Waals surface area (Å²) in [4.78, 5) is 15.0. The Labute approximate surface area is 71.4 Å². The molecule has 0 saturated carbocycles. The molecule has 0 amide bonds. The maximum Gasteiger partial charge on any atom is 0.179 e. The third-order valence-electron chi connectivity index (χ3n) is 1.70. The minimum atomic E-state index is -0.0584. The number of ketones is 1. The molecule has 0 aliphatic heterocycles. The second-order valence-electron chi connectivity index (χ2n) is 3.08. The first-order valence-electron chi connectivity index (χ1n) is 3.87. The van der Waals surface area contributed by atoms with Gasteiger partial charge in [0.25, 0.3) is 0 Å². The van der Waals surface area contributed by atoms with Gasteiger partial charge >= 0.3 is 0 Å². The first-order valence-corrected chi connectivity index (χ1v) is 3.87. The first kappa shape index (κ1) is 8.77. The number of rotatable bonds is 2. The Morgan fingerprint density at radius 2 is 2.25 bits per heavy atom. The molecule has 1 aromatic rings. The van der Waals surface area contributed by atoms with Gasteiger partial charge in [-0.1, -0.05) is 13.8 Å². The van der Waals surface area contributed by atoms with Gasteiger partial charge in [-0.25, -0.2) is 9.66 Å². The van der Waals surface area contributed by atoms with Crippen LogP contribution < -0.4 is 5.84 Å². The highest BCUT2D eigenvalue weighted by atomic mass is 16.1. The van der Waals surface area contributed by atoms with E-state index in [4.69, 9.17) is 5.84 Å². The summed E-state index contributed by atoms with van der Waals surface area (Å²) in [6.07, 6.45) is 1.51. The average molecular weight is 167 g/mol. The number of Topliss-reactive ketones (excluding diaryl/α,β-unsaturated/α-hetero) is 1. The highest BCUT2D eigenvalue weighted by Crippen LogP contribution is 2.12. The van der Waals surface area contributed by atoms with Crippen LogP contribution in [0.5, 0.6) is 0 Å². The standard InChI is InChI=1S/C8H13N3O/c1-5(2)8-10-4-7(6(3)12)11(8)9/h4-5H,9H2,1-3H3. The van der Waals surface area contributed by atoms with Crippen LogP contribution >= 0.6 is 0 Å². The summed E-state index contributed by atoms with van der Waals surface area (Å²) in [5, 5.41) is 0. The Balaban J connectivity index is 3.13. The van der Waals surface area contributed by atoms with Gasteiger partial charge in [-0.2, -0.15) is 0 Å². The molecule has 0 saturated heterocycles. The molecular formula is C8H13N3O. The van der Waals surface area contributed by atoms with Crippen molar-refractivity contribution < 1.29 is 4.79 Å². The molecule has 2 N–H and O–H groups in total. The second-order valence-corrected chi connectivity index (χ2v) is 3.08.